The molecule has 1 saturated carbocycles. The summed E-state index contributed by atoms with van der Waals surface area (Å²) in [6.07, 6.45) is 6.25. The number of amides is 1. The first-order chi connectivity index (χ1) is 13.7. The van der Waals surface area contributed by atoms with E-state index >= 15 is 0 Å². The molecule has 1 aromatic heterocycles. The number of anilines is 1. The van der Waals surface area contributed by atoms with Crippen molar-refractivity contribution in [1.29, 1.82) is 0 Å². The zero-order valence-corrected chi connectivity index (χ0v) is 16.2. The van der Waals surface area contributed by atoms with Gasteiger partial charge in [-0.15, -0.1) is 0 Å². The zero-order chi connectivity index (χ0) is 19.5. The number of fused-ring (bicyclic) bond motifs is 1. The monoisotopic (exact) mass is 379 g/mol. The van der Waals surface area contributed by atoms with Crippen molar-refractivity contribution >= 4 is 22.6 Å². The Labute approximate surface area is 164 Å². The predicted molar refractivity (Wildman–Crippen MR) is 109 cm³/mol. The number of methoxy groups -OCH3 is 2. The average Bonchev–Trinajstić information content (AvgIpc) is 3.17. The average molecular weight is 379 g/mol. The standard InChI is InChI=1S/C22H25N3O3/c1-27-19-10-6-9-16(20(19)28-2)22(26)23-15-11-12-17-18(13-15)25-21(24-17)14-7-4-3-5-8-14/h6,9-14H,3-5,7-8H2,1-2H3,(H,23,26)(H,24,25). The highest BCUT2D eigenvalue weighted by molar-refractivity contribution is 6.07. The van der Waals surface area contributed by atoms with Gasteiger partial charge in [-0.05, 0) is 43.2 Å². The van der Waals surface area contributed by atoms with Gasteiger partial charge >= 0.3 is 0 Å². The number of carbonyl (C=O) groups is 1. The smallest absolute Gasteiger partial charge is 0.259 e. The molecule has 1 fully saturated rings. The molecule has 1 aliphatic rings. The lowest BCUT2D eigenvalue weighted by atomic mass is 9.89. The molecule has 0 unspecified atom stereocenters. The first-order valence-electron chi connectivity index (χ1n) is 9.71. The molecule has 28 heavy (non-hydrogen) atoms. The third-order valence-corrected chi connectivity index (χ3v) is 5.40. The molecule has 0 radical (unpaired) electrons. The first kappa shape index (κ1) is 18.3. The highest BCUT2D eigenvalue weighted by Crippen LogP contribution is 2.33. The second-order valence-electron chi connectivity index (χ2n) is 7.18. The third-order valence-electron chi connectivity index (χ3n) is 5.40. The summed E-state index contributed by atoms with van der Waals surface area (Å²) in [7, 11) is 3.08. The second kappa shape index (κ2) is 7.92. The Morgan fingerprint density at radius 2 is 1.93 bits per heavy atom. The van der Waals surface area contributed by atoms with Crippen molar-refractivity contribution in [1.82, 2.24) is 9.97 Å². The van der Waals surface area contributed by atoms with Gasteiger partial charge in [0.15, 0.2) is 11.5 Å². The van der Waals surface area contributed by atoms with Gasteiger partial charge in [-0.2, -0.15) is 0 Å². The number of rotatable bonds is 5. The molecule has 0 aliphatic heterocycles. The van der Waals surface area contributed by atoms with Crippen molar-refractivity contribution < 1.29 is 14.3 Å². The number of aromatic nitrogens is 2. The molecular weight excluding hydrogens is 354 g/mol. The number of hydrogen-bond donors (Lipinski definition) is 2. The summed E-state index contributed by atoms with van der Waals surface area (Å²) in [5.74, 6) is 2.27. The Morgan fingerprint density at radius 1 is 1.11 bits per heavy atom. The quantitative estimate of drug-likeness (QED) is 0.662. The van der Waals surface area contributed by atoms with Crippen LogP contribution in [0, 0.1) is 0 Å². The molecule has 0 spiro atoms. The summed E-state index contributed by atoms with van der Waals surface area (Å²) in [5, 5.41) is 2.94. The van der Waals surface area contributed by atoms with Gasteiger partial charge in [-0.25, -0.2) is 4.98 Å². The Kier molecular flexibility index (Phi) is 5.19. The molecule has 1 aliphatic carbocycles. The number of nitrogens with zero attached hydrogens (tertiary/aromatic N) is 1. The number of hydrogen-bond acceptors (Lipinski definition) is 4. The van der Waals surface area contributed by atoms with Crippen molar-refractivity contribution in [3.63, 3.8) is 0 Å². The first-order valence-corrected chi connectivity index (χ1v) is 9.71. The van der Waals surface area contributed by atoms with Gasteiger partial charge < -0.3 is 19.8 Å². The van der Waals surface area contributed by atoms with E-state index in [-0.39, 0.29) is 5.91 Å². The van der Waals surface area contributed by atoms with Crippen LogP contribution in [0.1, 0.15) is 54.2 Å². The maximum absolute atomic E-state index is 12.8. The van der Waals surface area contributed by atoms with E-state index in [0.717, 1.165) is 16.9 Å². The van der Waals surface area contributed by atoms with Gasteiger partial charge in [0, 0.05) is 11.6 Å². The van der Waals surface area contributed by atoms with Gasteiger partial charge in [-0.1, -0.05) is 25.3 Å². The summed E-state index contributed by atoms with van der Waals surface area (Å²) in [5.41, 5.74) is 3.00. The lowest BCUT2D eigenvalue weighted by Crippen LogP contribution is -2.13. The van der Waals surface area contributed by atoms with Crippen molar-refractivity contribution in [2.75, 3.05) is 19.5 Å². The van der Waals surface area contributed by atoms with Crippen LogP contribution < -0.4 is 14.8 Å². The van der Waals surface area contributed by atoms with E-state index in [1.54, 1.807) is 25.3 Å². The molecule has 6 heteroatoms. The Hall–Kier alpha value is -3.02. The SMILES string of the molecule is COc1cccc(C(=O)Nc2ccc3nc(C4CCCCC4)[nH]c3c2)c1OC. The van der Waals surface area contributed by atoms with E-state index < -0.39 is 0 Å². The van der Waals surface area contributed by atoms with Crippen LogP contribution in [0.4, 0.5) is 5.69 Å². The fourth-order valence-corrected chi connectivity index (χ4v) is 3.94. The van der Waals surface area contributed by atoms with Crippen molar-refractivity contribution in [2.24, 2.45) is 0 Å². The fraction of sp³-hybridized carbons (Fsp3) is 0.364. The predicted octanol–water partition coefficient (Wildman–Crippen LogP) is 4.88. The molecule has 0 saturated heterocycles. The van der Waals surface area contributed by atoms with Gasteiger partial charge in [0.2, 0.25) is 0 Å². The van der Waals surface area contributed by atoms with E-state index in [4.69, 9.17) is 14.5 Å². The van der Waals surface area contributed by atoms with Gasteiger partial charge in [0.1, 0.15) is 5.82 Å². The van der Waals surface area contributed by atoms with Crippen LogP contribution in [0.15, 0.2) is 36.4 Å². The molecule has 146 valence electrons. The number of nitrogens with one attached hydrogen (secondary N) is 2. The second-order valence-corrected chi connectivity index (χ2v) is 7.18. The van der Waals surface area contributed by atoms with E-state index in [9.17, 15) is 4.79 Å². The fourth-order valence-electron chi connectivity index (χ4n) is 3.94. The molecule has 0 atom stereocenters. The van der Waals surface area contributed by atoms with E-state index in [2.05, 4.69) is 10.3 Å². The molecule has 1 heterocycles. The number of imidazole rings is 1. The molecule has 2 aromatic carbocycles. The van der Waals surface area contributed by atoms with Crippen molar-refractivity contribution in [3.05, 3.63) is 47.8 Å². The van der Waals surface area contributed by atoms with Crippen molar-refractivity contribution in [3.8, 4) is 11.5 Å². The highest BCUT2D eigenvalue weighted by atomic mass is 16.5. The van der Waals surface area contributed by atoms with Gasteiger partial charge in [0.05, 0.1) is 30.8 Å². The van der Waals surface area contributed by atoms with Crippen molar-refractivity contribution in [2.45, 2.75) is 38.0 Å². The molecule has 2 N–H and O–H groups in total. The number of para-hydroxylation sites is 1. The molecule has 6 nitrogen and oxygen atoms in total. The molecule has 4 rings (SSSR count). The van der Waals surface area contributed by atoms with Crippen LogP contribution in [-0.4, -0.2) is 30.1 Å². The van der Waals surface area contributed by atoms with Crippen LogP contribution >= 0.6 is 0 Å². The minimum absolute atomic E-state index is 0.248. The summed E-state index contributed by atoms with van der Waals surface area (Å²) in [4.78, 5) is 21.0. The maximum Gasteiger partial charge on any atom is 0.259 e. The number of benzene rings is 2. The third kappa shape index (κ3) is 3.54. The van der Waals surface area contributed by atoms with Gasteiger partial charge in [-0.3, -0.25) is 4.79 Å². The lowest BCUT2D eigenvalue weighted by Gasteiger charge is -2.18. The molecule has 0 bridgehead atoms. The van der Waals surface area contributed by atoms with E-state index in [0.29, 0.717) is 28.7 Å². The number of H-pyrrole nitrogens is 1. The van der Waals surface area contributed by atoms with E-state index in [1.807, 2.05) is 18.2 Å². The van der Waals surface area contributed by atoms with E-state index in [1.165, 1.54) is 39.2 Å². The summed E-state index contributed by atoms with van der Waals surface area (Å²) >= 11 is 0. The largest absolute Gasteiger partial charge is 0.493 e. The topological polar surface area (TPSA) is 76.2 Å². The molecule has 1 amide bonds. The lowest BCUT2D eigenvalue weighted by molar-refractivity contribution is 0.102. The number of ether oxygens (including phenoxy) is 2. The van der Waals surface area contributed by atoms with Crippen LogP contribution in [0.3, 0.4) is 0 Å². The van der Waals surface area contributed by atoms with Crippen LogP contribution in [0.2, 0.25) is 0 Å². The maximum atomic E-state index is 12.8. The van der Waals surface area contributed by atoms with Crippen LogP contribution in [0.5, 0.6) is 11.5 Å². The summed E-state index contributed by atoms with van der Waals surface area (Å²) in [6.45, 7) is 0. The normalized spacial score (nSPS) is 14.8. The minimum atomic E-state index is -0.248. The number of aromatic amines is 1. The Bertz CT molecular complexity index is 990. The van der Waals surface area contributed by atoms with Gasteiger partial charge in [0.25, 0.3) is 5.91 Å². The summed E-state index contributed by atoms with van der Waals surface area (Å²) < 4.78 is 10.6. The summed E-state index contributed by atoms with van der Waals surface area (Å²) in [6, 6.07) is 11.0. The minimum Gasteiger partial charge on any atom is -0.493 e. The highest BCUT2D eigenvalue weighted by Gasteiger charge is 2.20. The van der Waals surface area contributed by atoms with Crippen LogP contribution in [-0.2, 0) is 0 Å². The van der Waals surface area contributed by atoms with Crippen LogP contribution in [0.25, 0.3) is 11.0 Å². The Balaban J connectivity index is 1.57. The zero-order valence-electron chi connectivity index (χ0n) is 16.2. The molecule has 3 aromatic rings. The number of carbonyl (C=O) groups excluding carboxylic acids is 1. The Morgan fingerprint density at radius 3 is 2.68 bits per heavy atom. The molecular formula is C22H25N3O3.